The Kier molecular flexibility index (Phi) is 7.92. The Morgan fingerprint density at radius 2 is 1.67 bits per heavy atom. The molecule has 2 saturated heterocycles. The molecule has 1 N–H and O–H groups in total. The summed E-state index contributed by atoms with van der Waals surface area (Å²) < 4.78 is 14.3. The highest BCUT2D eigenvalue weighted by Gasteiger charge is 2.42. The molecule has 5 rings (SSSR count). The number of amides is 2. The molecule has 7 heteroatoms. The first-order valence-corrected chi connectivity index (χ1v) is 13.7. The predicted molar refractivity (Wildman–Crippen MR) is 139 cm³/mol. The monoisotopic (exact) mass is 511 g/mol. The molecule has 5 nitrogen and oxygen atoms in total. The number of hydrogen-bond acceptors (Lipinski definition) is 3. The molecule has 36 heavy (non-hydrogen) atoms. The van der Waals surface area contributed by atoms with E-state index in [1.54, 1.807) is 11.0 Å². The van der Waals surface area contributed by atoms with Crippen LogP contribution in [0, 0.1) is 23.6 Å². The van der Waals surface area contributed by atoms with Crippen LogP contribution in [0.3, 0.4) is 0 Å². The summed E-state index contributed by atoms with van der Waals surface area (Å²) in [5.74, 6) is 0.582. The van der Waals surface area contributed by atoms with Crippen molar-refractivity contribution in [3.05, 3.63) is 70.5 Å². The van der Waals surface area contributed by atoms with E-state index in [0.717, 1.165) is 31.6 Å². The number of benzene rings is 2. The fourth-order valence-corrected chi connectivity index (χ4v) is 6.59. The largest absolute Gasteiger partial charge is 0.349 e. The third-order valence-electron chi connectivity index (χ3n) is 8.25. The second-order valence-corrected chi connectivity index (χ2v) is 11.2. The Labute approximate surface area is 218 Å². The number of rotatable bonds is 8. The first-order valence-electron chi connectivity index (χ1n) is 13.3. The Morgan fingerprint density at radius 1 is 0.972 bits per heavy atom. The first-order chi connectivity index (χ1) is 17.5. The average Bonchev–Trinajstić information content (AvgIpc) is 3.59. The Bertz CT molecular complexity index is 1040. The van der Waals surface area contributed by atoms with Gasteiger partial charge in [0.2, 0.25) is 5.91 Å². The number of halogens is 2. The quantitative estimate of drug-likeness (QED) is 0.522. The molecule has 2 amide bonds. The van der Waals surface area contributed by atoms with Crippen molar-refractivity contribution in [3.8, 4) is 0 Å². The third kappa shape index (κ3) is 5.76. The number of likely N-dealkylation sites (tertiary alicyclic amines) is 2. The van der Waals surface area contributed by atoms with E-state index >= 15 is 0 Å². The molecule has 3 atom stereocenters. The van der Waals surface area contributed by atoms with Crippen molar-refractivity contribution >= 4 is 23.4 Å². The molecule has 2 aromatic rings. The van der Waals surface area contributed by atoms with Crippen LogP contribution in [0.1, 0.15) is 60.5 Å². The van der Waals surface area contributed by atoms with Gasteiger partial charge < -0.3 is 15.1 Å². The van der Waals surface area contributed by atoms with E-state index in [0.29, 0.717) is 37.3 Å². The number of fused-ring (bicyclic) bond motifs is 1. The Hall–Kier alpha value is -2.44. The predicted octanol–water partition coefficient (Wildman–Crippen LogP) is 5.31. The maximum absolute atomic E-state index is 14.3. The van der Waals surface area contributed by atoms with E-state index in [1.807, 2.05) is 18.2 Å². The second-order valence-electron chi connectivity index (χ2n) is 10.8. The number of hydrogen-bond donors (Lipinski definition) is 1. The van der Waals surface area contributed by atoms with Gasteiger partial charge in [-0.25, -0.2) is 4.39 Å². The maximum Gasteiger partial charge on any atom is 0.258 e. The molecular weight excluding hydrogens is 477 g/mol. The zero-order chi connectivity index (χ0) is 25.1. The lowest BCUT2D eigenvalue weighted by Crippen LogP contribution is -2.36. The van der Waals surface area contributed by atoms with Crippen LogP contribution >= 0.6 is 11.6 Å². The standard InChI is InChI=1S/C29H35ClFN3O2/c30-24-11-6-12-25(31)28(24)29(36)34-18-22-16-33(17-23(22)19-34)14-13-26(21-9-2-1-3-10-21)32-27(35)15-20-7-4-5-8-20/h1-3,6,9-12,20,22-23,26H,4-5,7-8,13-19H2,(H,32,35)/t22-,23?,26?/m0/s1. The molecule has 1 aliphatic carbocycles. The van der Waals surface area contributed by atoms with E-state index in [9.17, 15) is 14.0 Å². The SMILES string of the molecule is O=C(CC1CCCC1)NC(CCN1CC2CN(C(=O)c3c(F)cccc3Cl)C[C@@H]2C1)c1ccccc1. The van der Waals surface area contributed by atoms with Gasteiger partial charge in [-0.3, -0.25) is 9.59 Å². The average molecular weight is 512 g/mol. The zero-order valence-corrected chi connectivity index (χ0v) is 21.4. The second kappa shape index (κ2) is 11.3. The van der Waals surface area contributed by atoms with Gasteiger partial charge in [-0.15, -0.1) is 0 Å². The van der Waals surface area contributed by atoms with Crippen molar-refractivity contribution in [2.45, 2.75) is 44.6 Å². The van der Waals surface area contributed by atoms with Crippen LogP contribution < -0.4 is 5.32 Å². The van der Waals surface area contributed by atoms with Crippen molar-refractivity contribution < 1.29 is 14.0 Å². The zero-order valence-electron chi connectivity index (χ0n) is 20.7. The summed E-state index contributed by atoms with van der Waals surface area (Å²) in [5, 5.41) is 3.49. The van der Waals surface area contributed by atoms with Crippen LogP contribution in [-0.2, 0) is 4.79 Å². The molecule has 0 spiro atoms. The van der Waals surface area contributed by atoms with E-state index in [-0.39, 0.29) is 28.4 Å². The van der Waals surface area contributed by atoms with Gasteiger partial charge in [-0.1, -0.05) is 60.8 Å². The molecule has 2 unspecified atom stereocenters. The van der Waals surface area contributed by atoms with Crippen molar-refractivity contribution in [1.82, 2.24) is 15.1 Å². The lowest BCUT2D eigenvalue weighted by molar-refractivity contribution is -0.122. The summed E-state index contributed by atoms with van der Waals surface area (Å²) in [5.41, 5.74) is 1.13. The third-order valence-corrected chi connectivity index (χ3v) is 8.56. The lowest BCUT2D eigenvalue weighted by Gasteiger charge is -2.25. The van der Waals surface area contributed by atoms with Crippen molar-refractivity contribution in [3.63, 3.8) is 0 Å². The van der Waals surface area contributed by atoms with E-state index in [1.165, 1.54) is 37.8 Å². The number of nitrogens with one attached hydrogen (secondary N) is 1. The van der Waals surface area contributed by atoms with Crippen LogP contribution in [0.5, 0.6) is 0 Å². The van der Waals surface area contributed by atoms with E-state index < -0.39 is 5.82 Å². The van der Waals surface area contributed by atoms with Gasteiger partial charge >= 0.3 is 0 Å². The number of carbonyl (C=O) groups excluding carboxylic acids is 2. The van der Waals surface area contributed by atoms with E-state index in [4.69, 9.17) is 11.6 Å². The minimum atomic E-state index is -0.562. The fourth-order valence-electron chi connectivity index (χ4n) is 6.35. The van der Waals surface area contributed by atoms with Gasteiger partial charge in [-0.05, 0) is 54.7 Å². The van der Waals surface area contributed by atoms with Gasteiger partial charge in [-0.2, -0.15) is 0 Å². The molecule has 1 saturated carbocycles. The molecule has 2 heterocycles. The van der Waals surface area contributed by atoms with Gasteiger partial charge in [0.05, 0.1) is 16.6 Å². The molecule has 192 valence electrons. The van der Waals surface area contributed by atoms with Crippen LogP contribution in [0.15, 0.2) is 48.5 Å². The molecule has 0 radical (unpaired) electrons. The summed E-state index contributed by atoms with van der Waals surface area (Å²) in [6.07, 6.45) is 6.31. The number of nitrogens with zero attached hydrogens (tertiary/aromatic N) is 2. The van der Waals surface area contributed by atoms with E-state index in [2.05, 4.69) is 22.3 Å². The summed E-state index contributed by atoms with van der Waals surface area (Å²) in [7, 11) is 0. The highest BCUT2D eigenvalue weighted by molar-refractivity contribution is 6.33. The Balaban J connectivity index is 1.15. The Morgan fingerprint density at radius 3 is 2.33 bits per heavy atom. The summed E-state index contributed by atoms with van der Waals surface area (Å²) in [4.78, 5) is 30.0. The van der Waals surface area contributed by atoms with Gasteiger partial charge in [0.1, 0.15) is 5.82 Å². The van der Waals surface area contributed by atoms with Crippen molar-refractivity contribution in [2.75, 3.05) is 32.7 Å². The normalized spacial score (nSPS) is 23.1. The van der Waals surface area contributed by atoms with Crippen molar-refractivity contribution in [2.24, 2.45) is 17.8 Å². The minimum Gasteiger partial charge on any atom is -0.349 e. The molecule has 3 aliphatic rings. The lowest BCUT2D eigenvalue weighted by atomic mass is 10.0. The molecule has 0 bridgehead atoms. The smallest absolute Gasteiger partial charge is 0.258 e. The fraction of sp³-hybridized carbons (Fsp3) is 0.517. The van der Waals surface area contributed by atoms with Gasteiger partial charge in [0, 0.05) is 39.1 Å². The summed E-state index contributed by atoms with van der Waals surface area (Å²) in [6, 6.07) is 14.6. The molecule has 2 aromatic carbocycles. The highest BCUT2D eigenvalue weighted by atomic mass is 35.5. The minimum absolute atomic E-state index is 0.00168. The van der Waals surface area contributed by atoms with Crippen LogP contribution in [0.2, 0.25) is 5.02 Å². The van der Waals surface area contributed by atoms with Crippen molar-refractivity contribution in [1.29, 1.82) is 0 Å². The van der Waals surface area contributed by atoms with Crippen LogP contribution in [0.4, 0.5) is 4.39 Å². The molecular formula is C29H35ClFN3O2. The van der Waals surface area contributed by atoms with Gasteiger partial charge in [0.15, 0.2) is 0 Å². The summed E-state index contributed by atoms with van der Waals surface area (Å²) >= 11 is 6.13. The van der Waals surface area contributed by atoms with Crippen LogP contribution in [-0.4, -0.2) is 54.3 Å². The van der Waals surface area contributed by atoms with Gasteiger partial charge in [0.25, 0.3) is 5.91 Å². The topological polar surface area (TPSA) is 52.7 Å². The maximum atomic E-state index is 14.3. The first kappa shape index (κ1) is 25.2. The molecule has 3 fully saturated rings. The highest BCUT2D eigenvalue weighted by Crippen LogP contribution is 2.34. The summed E-state index contributed by atoms with van der Waals surface area (Å²) in [6.45, 7) is 3.98. The molecule has 2 aliphatic heterocycles. The van der Waals surface area contributed by atoms with Crippen LogP contribution in [0.25, 0.3) is 0 Å². The molecule has 0 aromatic heterocycles. The number of carbonyl (C=O) groups is 2.